The zero-order chi connectivity index (χ0) is 16.8. The summed E-state index contributed by atoms with van der Waals surface area (Å²) in [5.74, 6) is 0.123. The Labute approximate surface area is 142 Å². The zero-order valence-electron chi connectivity index (χ0n) is 12.7. The molecule has 0 amide bonds. The summed E-state index contributed by atoms with van der Waals surface area (Å²) in [5, 5.41) is 23.3. The molecule has 4 rings (SSSR count). The Balaban J connectivity index is 1.97. The summed E-state index contributed by atoms with van der Waals surface area (Å²) < 4.78 is 1.79. The number of benzene rings is 2. The highest BCUT2D eigenvalue weighted by Crippen LogP contribution is 2.34. The molecule has 2 aromatic heterocycles. The van der Waals surface area contributed by atoms with Crippen molar-refractivity contribution in [2.45, 2.75) is 6.92 Å². The minimum atomic E-state index is -0.227. The highest BCUT2D eigenvalue weighted by atomic mass is 35.5. The van der Waals surface area contributed by atoms with Crippen molar-refractivity contribution >= 4 is 39.7 Å². The first-order valence-corrected chi connectivity index (χ1v) is 7.62. The van der Waals surface area contributed by atoms with E-state index in [9.17, 15) is 10.2 Å². The first-order chi connectivity index (χ1) is 11.5. The number of hydrogen-bond donors (Lipinski definition) is 3. The Hall–Kier alpha value is -2.99. The molecule has 0 bridgehead atoms. The van der Waals surface area contributed by atoms with Crippen LogP contribution in [0, 0.1) is 6.92 Å². The number of imidazole rings is 1. The zero-order valence-corrected chi connectivity index (χ0v) is 13.4. The number of halogens is 1. The summed E-state index contributed by atoms with van der Waals surface area (Å²) in [6.45, 7) is 1.95. The normalized spacial score (nSPS) is 11.2. The molecule has 7 heteroatoms. The smallest absolute Gasteiger partial charge is 0.159 e. The molecule has 0 aliphatic carbocycles. The van der Waals surface area contributed by atoms with E-state index in [1.54, 1.807) is 23.0 Å². The molecule has 4 aromatic rings. The van der Waals surface area contributed by atoms with Crippen LogP contribution in [0.25, 0.3) is 16.6 Å². The van der Waals surface area contributed by atoms with Gasteiger partial charge in [0.25, 0.3) is 0 Å². The molecular weight excluding hydrogens is 328 g/mol. The van der Waals surface area contributed by atoms with E-state index < -0.39 is 0 Å². The van der Waals surface area contributed by atoms with Gasteiger partial charge in [-0.2, -0.15) is 0 Å². The second-order valence-electron chi connectivity index (χ2n) is 5.50. The molecule has 0 aliphatic heterocycles. The number of fused-ring (bicyclic) bond motifs is 3. The van der Waals surface area contributed by atoms with E-state index in [4.69, 9.17) is 11.6 Å². The maximum atomic E-state index is 9.75. The fourth-order valence-electron chi connectivity index (χ4n) is 2.68. The Kier molecular flexibility index (Phi) is 3.21. The first kappa shape index (κ1) is 14.6. The van der Waals surface area contributed by atoms with Crippen molar-refractivity contribution in [3.8, 4) is 11.5 Å². The topological polar surface area (TPSA) is 82.7 Å². The molecule has 0 radical (unpaired) electrons. The van der Waals surface area contributed by atoms with Crippen LogP contribution in [0.1, 0.15) is 5.56 Å². The minimum absolute atomic E-state index is 0.207. The Morgan fingerprint density at radius 2 is 1.92 bits per heavy atom. The Bertz CT molecular complexity index is 1070. The number of anilines is 2. The number of hydrogen-bond acceptors (Lipinski definition) is 5. The molecule has 3 N–H and O–H groups in total. The third-order valence-electron chi connectivity index (χ3n) is 3.91. The number of nitrogens with one attached hydrogen (secondary N) is 1. The second-order valence-corrected chi connectivity index (χ2v) is 5.90. The van der Waals surface area contributed by atoms with Crippen molar-refractivity contribution in [3.05, 3.63) is 53.4 Å². The van der Waals surface area contributed by atoms with Gasteiger partial charge >= 0.3 is 0 Å². The van der Waals surface area contributed by atoms with Crippen molar-refractivity contribution in [1.82, 2.24) is 14.4 Å². The van der Waals surface area contributed by atoms with Crippen LogP contribution in [0.15, 0.2) is 42.9 Å². The molecule has 0 aliphatic rings. The molecule has 2 aromatic carbocycles. The second kappa shape index (κ2) is 5.28. The number of phenolic OH excluding ortho intramolecular Hbond substituents is 2. The average molecular weight is 341 g/mol. The number of para-hydroxylation sites is 1. The molecule has 0 atom stereocenters. The summed E-state index contributed by atoms with van der Waals surface area (Å²) in [7, 11) is 0. The number of nitrogens with zero attached hydrogens (tertiary/aromatic N) is 3. The lowest BCUT2D eigenvalue weighted by molar-refractivity contribution is 0.404. The molecule has 0 saturated carbocycles. The van der Waals surface area contributed by atoms with E-state index in [1.807, 2.05) is 19.1 Å². The van der Waals surface area contributed by atoms with Gasteiger partial charge in [-0.25, -0.2) is 9.97 Å². The lowest BCUT2D eigenvalue weighted by Gasteiger charge is -2.13. The quantitative estimate of drug-likeness (QED) is 0.480. The van der Waals surface area contributed by atoms with Gasteiger partial charge < -0.3 is 15.5 Å². The van der Waals surface area contributed by atoms with E-state index in [1.165, 1.54) is 12.1 Å². The molecular formula is C17H13ClN4O2. The SMILES string of the molecule is Cc1cccc(Cl)c1Nc1nc2cc(O)c(O)cc2n2cncc12. The average Bonchev–Trinajstić information content (AvgIpc) is 3.03. The third-order valence-corrected chi connectivity index (χ3v) is 4.22. The van der Waals surface area contributed by atoms with E-state index in [0.717, 1.165) is 16.8 Å². The number of phenols is 2. The summed E-state index contributed by atoms with van der Waals surface area (Å²) in [6.07, 6.45) is 3.30. The van der Waals surface area contributed by atoms with E-state index in [2.05, 4.69) is 15.3 Å². The van der Waals surface area contributed by atoms with Gasteiger partial charge in [-0.1, -0.05) is 23.7 Å². The van der Waals surface area contributed by atoms with Gasteiger partial charge in [-0.3, -0.25) is 4.40 Å². The van der Waals surface area contributed by atoms with Gasteiger partial charge in [0.05, 0.1) is 34.3 Å². The monoisotopic (exact) mass is 340 g/mol. The molecule has 6 nitrogen and oxygen atoms in total. The number of aryl methyl sites for hydroxylation is 1. The highest BCUT2D eigenvalue weighted by molar-refractivity contribution is 6.33. The van der Waals surface area contributed by atoms with Crippen molar-refractivity contribution in [2.24, 2.45) is 0 Å². The number of aromatic nitrogens is 3. The van der Waals surface area contributed by atoms with Crippen LogP contribution < -0.4 is 5.32 Å². The predicted molar refractivity (Wildman–Crippen MR) is 93.3 cm³/mol. The maximum absolute atomic E-state index is 9.75. The Morgan fingerprint density at radius 1 is 1.12 bits per heavy atom. The van der Waals surface area contributed by atoms with Crippen LogP contribution in [-0.4, -0.2) is 24.6 Å². The van der Waals surface area contributed by atoms with E-state index in [0.29, 0.717) is 21.9 Å². The number of rotatable bonds is 2. The van der Waals surface area contributed by atoms with Crippen LogP contribution >= 0.6 is 11.6 Å². The lowest BCUT2D eigenvalue weighted by Crippen LogP contribution is -2.01. The van der Waals surface area contributed by atoms with Gasteiger partial charge in [0.2, 0.25) is 0 Å². The first-order valence-electron chi connectivity index (χ1n) is 7.24. The fourth-order valence-corrected chi connectivity index (χ4v) is 2.95. The van der Waals surface area contributed by atoms with Gasteiger partial charge in [-0.05, 0) is 18.6 Å². The molecule has 24 heavy (non-hydrogen) atoms. The molecule has 0 saturated heterocycles. The van der Waals surface area contributed by atoms with Crippen molar-refractivity contribution in [3.63, 3.8) is 0 Å². The van der Waals surface area contributed by atoms with Crippen LogP contribution in [0.4, 0.5) is 11.5 Å². The summed E-state index contributed by atoms with van der Waals surface area (Å²) >= 11 is 6.28. The third kappa shape index (κ3) is 2.19. The Morgan fingerprint density at radius 3 is 2.71 bits per heavy atom. The van der Waals surface area contributed by atoms with E-state index in [-0.39, 0.29) is 11.5 Å². The van der Waals surface area contributed by atoms with Gasteiger partial charge in [0, 0.05) is 12.1 Å². The van der Waals surface area contributed by atoms with Crippen molar-refractivity contribution in [2.75, 3.05) is 5.32 Å². The highest BCUT2D eigenvalue weighted by Gasteiger charge is 2.13. The molecule has 2 heterocycles. The molecule has 0 fully saturated rings. The van der Waals surface area contributed by atoms with Crippen LogP contribution in [0.3, 0.4) is 0 Å². The fraction of sp³-hybridized carbons (Fsp3) is 0.0588. The maximum Gasteiger partial charge on any atom is 0.159 e. The molecule has 0 spiro atoms. The lowest BCUT2D eigenvalue weighted by atomic mass is 10.2. The van der Waals surface area contributed by atoms with Crippen molar-refractivity contribution < 1.29 is 10.2 Å². The summed E-state index contributed by atoms with van der Waals surface area (Å²) in [5.41, 5.74) is 3.63. The van der Waals surface area contributed by atoms with Crippen LogP contribution in [-0.2, 0) is 0 Å². The van der Waals surface area contributed by atoms with Gasteiger partial charge in [-0.15, -0.1) is 0 Å². The molecule has 120 valence electrons. The number of aromatic hydroxyl groups is 2. The van der Waals surface area contributed by atoms with Crippen molar-refractivity contribution in [1.29, 1.82) is 0 Å². The predicted octanol–water partition coefficient (Wildman–Crippen LogP) is 4.00. The van der Waals surface area contributed by atoms with Gasteiger partial charge in [0.1, 0.15) is 5.52 Å². The van der Waals surface area contributed by atoms with Crippen LogP contribution in [0.5, 0.6) is 11.5 Å². The molecule has 0 unspecified atom stereocenters. The summed E-state index contributed by atoms with van der Waals surface area (Å²) in [6, 6.07) is 8.50. The van der Waals surface area contributed by atoms with E-state index >= 15 is 0 Å². The van der Waals surface area contributed by atoms with Gasteiger partial charge in [0.15, 0.2) is 17.3 Å². The minimum Gasteiger partial charge on any atom is -0.504 e. The van der Waals surface area contributed by atoms with Crippen LogP contribution in [0.2, 0.25) is 5.02 Å². The largest absolute Gasteiger partial charge is 0.504 e. The summed E-state index contributed by atoms with van der Waals surface area (Å²) in [4.78, 5) is 8.71. The standard InChI is InChI=1S/C17H13ClN4O2/c1-9-3-2-4-10(18)16(9)21-17-13-7-19-8-22(13)12-6-15(24)14(23)5-11(12)20-17/h2-8,23-24H,1H3,(H,20,21).